The maximum atomic E-state index is 14.2. The molecule has 0 amide bonds. The molecule has 3 aromatic rings. The van der Waals surface area contributed by atoms with Crippen LogP contribution in [0, 0.1) is 11.3 Å². The predicted molar refractivity (Wildman–Crippen MR) is 146 cm³/mol. The third-order valence-electron chi connectivity index (χ3n) is 9.02. The van der Waals surface area contributed by atoms with Gasteiger partial charge in [-0.1, -0.05) is 19.9 Å². The lowest BCUT2D eigenvalue weighted by molar-refractivity contribution is -0.0660. The lowest BCUT2D eigenvalue weighted by atomic mass is 9.68. The van der Waals surface area contributed by atoms with E-state index < -0.39 is 0 Å². The van der Waals surface area contributed by atoms with E-state index in [1.54, 1.807) is 0 Å². The molecule has 1 aromatic heterocycles. The highest BCUT2D eigenvalue weighted by molar-refractivity contribution is 6.33. The maximum absolute atomic E-state index is 14.2. The molecule has 2 fully saturated rings. The Morgan fingerprint density at radius 1 is 1.05 bits per heavy atom. The van der Waals surface area contributed by atoms with Crippen LogP contribution in [-0.4, -0.2) is 65.9 Å². The molecule has 4 aliphatic rings. The number of ether oxygens (including phenoxy) is 1. The first-order chi connectivity index (χ1) is 18.3. The van der Waals surface area contributed by atoms with Crippen molar-refractivity contribution in [3.05, 3.63) is 76.1 Å². The zero-order valence-electron chi connectivity index (χ0n) is 22.1. The minimum absolute atomic E-state index is 0.0873. The van der Waals surface area contributed by atoms with Crippen LogP contribution < -0.4 is 4.90 Å². The van der Waals surface area contributed by atoms with Crippen LogP contribution in [0.15, 0.2) is 48.3 Å². The second-order valence-electron chi connectivity index (χ2n) is 11.5. The fraction of sp³-hybridized carbons (Fsp3) is 0.387. The van der Waals surface area contributed by atoms with Gasteiger partial charge in [0.05, 0.1) is 37.1 Å². The second-order valence-corrected chi connectivity index (χ2v) is 11.5. The molecule has 38 heavy (non-hydrogen) atoms. The lowest BCUT2D eigenvalue weighted by Gasteiger charge is -2.44. The van der Waals surface area contributed by atoms with E-state index in [1.165, 1.54) is 5.69 Å². The molecule has 0 bridgehead atoms. The number of allylic oxidation sites excluding steroid dienone is 2. The largest absolute Gasteiger partial charge is 0.378 e. The first-order valence-corrected chi connectivity index (χ1v) is 13.4. The van der Waals surface area contributed by atoms with E-state index in [1.807, 2.05) is 42.3 Å². The van der Waals surface area contributed by atoms with E-state index in [0.717, 1.165) is 83.9 Å². The number of carbonyl (C=O) groups is 1. The van der Waals surface area contributed by atoms with Gasteiger partial charge >= 0.3 is 0 Å². The minimum atomic E-state index is -0.308. The Kier molecular flexibility index (Phi) is 5.16. The molecule has 0 radical (unpaired) electrons. The summed E-state index contributed by atoms with van der Waals surface area (Å²) in [5.41, 5.74) is 9.49. The monoisotopic (exact) mass is 505 g/mol. The normalized spacial score (nSPS) is 20.6. The molecule has 7 nitrogen and oxygen atoms in total. The summed E-state index contributed by atoms with van der Waals surface area (Å²) < 4.78 is 7.25. The molecule has 7 heteroatoms. The zero-order chi connectivity index (χ0) is 26.2. The van der Waals surface area contributed by atoms with Crippen LogP contribution in [0.1, 0.15) is 46.5 Å². The first kappa shape index (κ1) is 23.4. The van der Waals surface area contributed by atoms with Gasteiger partial charge in [0.25, 0.3) is 0 Å². The van der Waals surface area contributed by atoms with Crippen molar-refractivity contribution in [2.45, 2.75) is 31.7 Å². The van der Waals surface area contributed by atoms with Crippen LogP contribution >= 0.6 is 0 Å². The summed E-state index contributed by atoms with van der Waals surface area (Å²) in [6, 6.07) is 12.9. The van der Waals surface area contributed by atoms with Crippen molar-refractivity contribution < 1.29 is 9.53 Å². The molecule has 2 aliphatic carbocycles. The Balaban J connectivity index is 1.33. The standard InChI is InChI=1S/C31H31N5O2/c1-31(2)26-13-28(36-8-6-35(7-9-36)22-17-38-18-22)24(21-15-33-34(3)16-21)12-25(26)30(37)29-23-5-4-19(14-32)10-20(23)11-27(29)31/h4-5,10,12-13,15-16,22H,6-9,11,17-18H2,1-3H3. The Morgan fingerprint density at radius 2 is 1.84 bits per heavy atom. The number of nitriles is 1. The van der Waals surface area contributed by atoms with Crippen molar-refractivity contribution >= 4 is 17.0 Å². The number of fused-ring (bicyclic) bond motifs is 3. The van der Waals surface area contributed by atoms with Crippen molar-refractivity contribution in [3.8, 4) is 17.2 Å². The number of ketones is 1. The molecule has 2 aromatic carbocycles. The number of aryl methyl sites for hydroxylation is 1. The SMILES string of the molecule is Cn1cc(-c2cc3c(cc2N2CCN(C4COC4)CC2)C(C)(C)C2=C(C3=O)c3ccc(C#N)cc3C2)cn1. The highest BCUT2D eigenvalue weighted by Gasteiger charge is 2.44. The van der Waals surface area contributed by atoms with Gasteiger partial charge in [-0.2, -0.15) is 10.4 Å². The Hall–Kier alpha value is -3.73. The van der Waals surface area contributed by atoms with Crippen LogP contribution in [0.5, 0.6) is 0 Å². The van der Waals surface area contributed by atoms with Crippen molar-refractivity contribution in [2.24, 2.45) is 7.05 Å². The van der Waals surface area contributed by atoms with Gasteiger partial charge in [0.1, 0.15) is 0 Å². The lowest BCUT2D eigenvalue weighted by Crippen LogP contribution is -2.56. The van der Waals surface area contributed by atoms with Gasteiger partial charge in [0, 0.05) is 72.8 Å². The number of benzene rings is 2. The molecule has 0 unspecified atom stereocenters. The van der Waals surface area contributed by atoms with Gasteiger partial charge in [0.2, 0.25) is 0 Å². The quantitative estimate of drug-likeness (QED) is 0.537. The fourth-order valence-electron chi connectivity index (χ4n) is 6.69. The van der Waals surface area contributed by atoms with Crippen LogP contribution in [0.4, 0.5) is 5.69 Å². The molecule has 2 saturated heterocycles. The van der Waals surface area contributed by atoms with Crippen LogP contribution in [0.3, 0.4) is 0 Å². The van der Waals surface area contributed by atoms with E-state index in [0.29, 0.717) is 18.0 Å². The number of piperazine rings is 1. The molecule has 192 valence electrons. The van der Waals surface area contributed by atoms with E-state index in [-0.39, 0.29) is 11.2 Å². The summed E-state index contributed by atoms with van der Waals surface area (Å²) in [7, 11) is 1.93. The molecular weight excluding hydrogens is 474 g/mol. The van der Waals surface area contributed by atoms with Crippen LogP contribution in [0.2, 0.25) is 0 Å². The molecule has 3 heterocycles. The highest BCUT2D eigenvalue weighted by Crippen LogP contribution is 2.52. The van der Waals surface area contributed by atoms with Gasteiger partial charge in [0.15, 0.2) is 5.78 Å². The van der Waals surface area contributed by atoms with Crippen molar-refractivity contribution in [3.63, 3.8) is 0 Å². The van der Waals surface area contributed by atoms with Crippen molar-refractivity contribution in [1.29, 1.82) is 5.26 Å². The number of Topliss-reactive ketones (excluding diaryl/α,β-unsaturated/α-hetero) is 1. The zero-order valence-corrected chi connectivity index (χ0v) is 22.1. The second kappa shape index (κ2) is 8.39. The van der Waals surface area contributed by atoms with Gasteiger partial charge in [-0.15, -0.1) is 0 Å². The third-order valence-corrected chi connectivity index (χ3v) is 9.02. The number of hydrogen-bond donors (Lipinski definition) is 0. The predicted octanol–water partition coefficient (Wildman–Crippen LogP) is 3.96. The van der Waals surface area contributed by atoms with E-state index in [4.69, 9.17) is 4.74 Å². The summed E-state index contributed by atoms with van der Waals surface area (Å²) >= 11 is 0. The number of carbonyl (C=O) groups excluding carboxylic acids is 1. The van der Waals surface area contributed by atoms with Gasteiger partial charge < -0.3 is 9.64 Å². The minimum Gasteiger partial charge on any atom is -0.378 e. The van der Waals surface area contributed by atoms with Gasteiger partial charge in [-0.25, -0.2) is 0 Å². The topological polar surface area (TPSA) is 74.4 Å². The average molecular weight is 506 g/mol. The summed E-state index contributed by atoms with van der Waals surface area (Å²) in [5, 5.41) is 13.9. The average Bonchev–Trinajstić information content (AvgIpc) is 3.50. The van der Waals surface area contributed by atoms with Crippen molar-refractivity contribution in [2.75, 3.05) is 44.3 Å². The smallest absolute Gasteiger partial charge is 0.193 e. The van der Waals surface area contributed by atoms with E-state index in [2.05, 4.69) is 46.9 Å². The summed E-state index contributed by atoms with van der Waals surface area (Å²) in [6.07, 6.45) is 4.63. The van der Waals surface area contributed by atoms with E-state index >= 15 is 0 Å². The molecule has 0 N–H and O–H groups in total. The first-order valence-electron chi connectivity index (χ1n) is 13.4. The Morgan fingerprint density at radius 3 is 2.50 bits per heavy atom. The maximum Gasteiger partial charge on any atom is 0.193 e. The molecule has 0 saturated carbocycles. The van der Waals surface area contributed by atoms with Crippen molar-refractivity contribution in [1.82, 2.24) is 14.7 Å². The van der Waals surface area contributed by atoms with Gasteiger partial charge in [-0.05, 0) is 52.9 Å². The van der Waals surface area contributed by atoms with E-state index in [9.17, 15) is 10.1 Å². The third kappa shape index (κ3) is 3.40. The molecular formula is C31H31N5O2. The number of rotatable bonds is 3. The Labute approximate surface area is 222 Å². The Bertz CT molecular complexity index is 1560. The van der Waals surface area contributed by atoms with Crippen LogP contribution in [-0.2, 0) is 23.6 Å². The molecule has 7 rings (SSSR count). The number of aromatic nitrogens is 2. The fourth-order valence-corrected chi connectivity index (χ4v) is 6.69. The molecule has 0 spiro atoms. The summed E-state index contributed by atoms with van der Waals surface area (Å²) in [5.74, 6) is 0.0873. The number of anilines is 1. The number of hydrogen-bond acceptors (Lipinski definition) is 6. The van der Waals surface area contributed by atoms with Gasteiger partial charge in [-0.3, -0.25) is 14.4 Å². The number of nitrogens with zero attached hydrogens (tertiary/aromatic N) is 5. The van der Waals surface area contributed by atoms with Crippen LogP contribution in [0.25, 0.3) is 16.7 Å². The summed E-state index contributed by atoms with van der Waals surface area (Å²) in [4.78, 5) is 19.2. The molecule has 2 aliphatic heterocycles. The highest BCUT2D eigenvalue weighted by atomic mass is 16.5. The summed E-state index contributed by atoms with van der Waals surface area (Å²) in [6.45, 7) is 10.1. The molecule has 0 atom stereocenters.